The first-order valence-electron chi connectivity index (χ1n) is 20.3. The van der Waals surface area contributed by atoms with Crippen LogP contribution in [-0.4, -0.2) is 138 Å². The van der Waals surface area contributed by atoms with Gasteiger partial charge in [-0.05, 0) is 77.1 Å². The fourth-order valence-electron chi connectivity index (χ4n) is 7.43. The molecule has 0 radical (unpaired) electrons. The second kappa shape index (κ2) is 19.0. The number of nitrogens with one attached hydrogen (secondary N) is 2. The summed E-state index contributed by atoms with van der Waals surface area (Å²) in [5.74, 6) is -0.0530. The van der Waals surface area contributed by atoms with E-state index < -0.39 is 32.5 Å². The van der Waals surface area contributed by atoms with Crippen LogP contribution in [0.15, 0.2) is 41.6 Å². The number of nitrogens with two attached hydrogens (primary N) is 1. The number of rotatable bonds is 19. The van der Waals surface area contributed by atoms with Gasteiger partial charge in [0.1, 0.15) is 35.4 Å². The summed E-state index contributed by atoms with van der Waals surface area (Å²) < 4.78 is 43.6. The monoisotopic (exact) mass is 847 g/mol. The number of carbonyl (C=O) groups excluding carboxylic acids is 3. The van der Waals surface area contributed by atoms with Gasteiger partial charge in [0.25, 0.3) is 5.91 Å². The van der Waals surface area contributed by atoms with Crippen molar-refractivity contribution < 1.29 is 37.0 Å². The SMILES string of the molecule is COC(=O)CC[C@@H](C(N)=O)N1Cc2c(CCCOCCN3CCN(CCOc4cc5ncnc(Nc6n[nH]c(C)c6C)c5cc4S(=O)(=O)C(C)(C)C)CC3)cccc2C1=O. The molecule has 4 N–H and O–H groups in total. The van der Waals surface area contributed by atoms with Gasteiger partial charge in [0.05, 0.1) is 24.0 Å². The molecule has 0 bridgehead atoms. The smallest absolute Gasteiger partial charge is 0.305 e. The topological polar surface area (TPSA) is 215 Å². The van der Waals surface area contributed by atoms with Crippen molar-refractivity contribution in [2.75, 3.05) is 71.5 Å². The number of carbonyl (C=O) groups is 3. The van der Waals surface area contributed by atoms with Gasteiger partial charge in [0.2, 0.25) is 5.91 Å². The van der Waals surface area contributed by atoms with Crippen LogP contribution in [0.5, 0.6) is 5.75 Å². The number of benzene rings is 2. The third-order valence-corrected chi connectivity index (χ3v) is 13.9. The zero-order valence-electron chi connectivity index (χ0n) is 35.4. The Morgan fingerprint density at radius 1 is 1.00 bits per heavy atom. The molecule has 4 aromatic rings. The predicted molar refractivity (Wildman–Crippen MR) is 226 cm³/mol. The number of esters is 1. The van der Waals surface area contributed by atoms with E-state index in [1.165, 1.54) is 18.3 Å². The molecular formula is C42H57N9O8S. The Balaban J connectivity index is 0.953. The number of primary amides is 1. The largest absolute Gasteiger partial charge is 0.491 e. The van der Waals surface area contributed by atoms with E-state index in [0.29, 0.717) is 60.9 Å². The maximum atomic E-state index is 13.9. The van der Waals surface area contributed by atoms with Crippen LogP contribution in [0.1, 0.15) is 72.8 Å². The van der Waals surface area contributed by atoms with Gasteiger partial charge in [-0.3, -0.25) is 29.3 Å². The Labute approximate surface area is 351 Å². The number of anilines is 2. The number of methoxy groups -OCH3 is 1. The Morgan fingerprint density at radius 3 is 2.37 bits per heavy atom. The quantitative estimate of drug-likeness (QED) is 0.0907. The molecule has 0 aliphatic carbocycles. The predicted octanol–water partition coefficient (Wildman–Crippen LogP) is 3.69. The first-order chi connectivity index (χ1) is 28.6. The first-order valence-corrected chi connectivity index (χ1v) is 21.8. The number of fused-ring (bicyclic) bond motifs is 2. The molecule has 4 heterocycles. The molecule has 1 saturated heterocycles. The lowest BCUT2D eigenvalue weighted by Crippen LogP contribution is -2.48. The van der Waals surface area contributed by atoms with E-state index in [1.54, 1.807) is 39.0 Å². The molecule has 18 heteroatoms. The lowest BCUT2D eigenvalue weighted by Gasteiger charge is -2.34. The maximum absolute atomic E-state index is 13.9. The van der Waals surface area contributed by atoms with Gasteiger partial charge in [0.15, 0.2) is 15.7 Å². The first kappa shape index (κ1) is 44.4. The number of sulfone groups is 1. The van der Waals surface area contributed by atoms with Crippen molar-refractivity contribution in [3.05, 3.63) is 64.6 Å². The number of ether oxygens (including phenoxy) is 3. The minimum Gasteiger partial charge on any atom is -0.491 e. The summed E-state index contributed by atoms with van der Waals surface area (Å²) in [6, 6.07) is 8.00. The van der Waals surface area contributed by atoms with E-state index in [2.05, 4.69) is 35.3 Å². The maximum Gasteiger partial charge on any atom is 0.305 e. The number of hydrogen-bond acceptors (Lipinski definition) is 14. The average molecular weight is 848 g/mol. The molecule has 324 valence electrons. The summed E-state index contributed by atoms with van der Waals surface area (Å²) in [5.41, 5.74) is 10.5. The van der Waals surface area contributed by atoms with E-state index in [1.807, 2.05) is 26.0 Å². The van der Waals surface area contributed by atoms with Gasteiger partial charge < -0.3 is 30.2 Å². The number of nitrogens with zero attached hydrogens (tertiary/aromatic N) is 6. The van der Waals surface area contributed by atoms with Crippen LogP contribution in [0, 0.1) is 13.8 Å². The molecule has 2 aliphatic rings. The van der Waals surface area contributed by atoms with Gasteiger partial charge >= 0.3 is 5.97 Å². The lowest BCUT2D eigenvalue weighted by atomic mass is 10.00. The Morgan fingerprint density at radius 2 is 1.72 bits per heavy atom. The number of aryl methyl sites for hydroxylation is 2. The standard InChI is InChI=1S/C42H57N9O8S/c1-27-28(2)47-48-39(27)46-40-31-23-36(60(55,56)42(3,4)5)35(24-33(31)44-26-45-40)59-22-19-50-16-14-49(15-17-50)18-21-58-20-8-10-29-9-7-11-30-32(29)25-51(41(30)54)34(38(43)53)12-13-37(52)57-6/h7,9,11,23-24,26,34H,8,10,12-22,25H2,1-6H3,(H2,43,53)(H2,44,45,46,47,48)/t34-/m0/s1. The highest BCUT2D eigenvalue weighted by Crippen LogP contribution is 2.37. The molecule has 0 unspecified atom stereocenters. The van der Waals surface area contributed by atoms with Crippen molar-refractivity contribution in [3.8, 4) is 5.75 Å². The highest BCUT2D eigenvalue weighted by Gasteiger charge is 2.37. The van der Waals surface area contributed by atoms with E-state index in [9.17, 15) is 22.8 Å². The van der Waals surface area contributed by atoms with Gasteiger partial charge in [-0.25, -0.2) is 18.4 Å². The van der Waals surface area contributed by atoms with Gasteiger partial charge in [-0.15, -0.1) is 0 Å². The van der Waals surface area contributed by atoms with Gasteiger partial charge in [0, 0.05) is 87.1 Å². The molecule has 0 spiro atoms. The Bertz CT molecular complexity index is 2300. The van der Waals surface area contributed by atoms with Gasteiger partial charge in [-0.1, -0.05) is 12.1 Å². The second-order valence-electron chi connectivity index (χ2n) is 16.3. The summed E-state index contributed by atoms with van der Waals surface area (Å²) in [4.78, 5) is 52.2. The van der Waals surface area contributed by atoms with Crippen LogP contribution in [-0.2, 0) is 41.9 Å². The molecule has 2 amide bonds. The zero-order chi connectivity index (χ0) is 43.2. The van der Waals surface area contributed by atoms with Crippen molar-refractivity contribution in [1.82, 2.24) is 34.9 Å². The average Bonchev–Trinajstić information content (AvgIpc) is 3.72. The second-order valence-corrected chi connectivity index (χ2v) is 18.9. The molecule has 17 nitrogen and oxygen atoms in total. The molecule has 2 aromatic heterocycles. The van der Waals surface area contributed by atoms with E-state index >= 15 is 0 Å². The fraction of sp³-hybridized carbons (Fsp3) is 0.524. The van der Waals surface area contributed by atoms with Crippen LogP contribution in [0.4, 0.5) is 11.6 Å². The number of aromatic nitrogens is 4. The molecular weight excluding hydrogens is 791 g/mol. The van der Waals surface area contributed by atoms with E-state index in [4.69, 9.17) is 19.9 Å². The highest BCUT2D eigenvalue weighted by atomic mass is 32.2. The van der Waals surface area contributed by atoms with Crippen molar-refractivity contribution in [3.63, 3.8) is 0 Å². The summed E-state index contributed by atoms with van der Waals surface area (Å²) in [6.07, 6.45) is 3.02. The summed E-state index contributed by atoms with van der Waals surface area (Å²) in [5, 5.41) is 11.0. The van der Waals surface area contributed by atoms with Crippen LogP contribution >= 0.6 is 0 Å². The normalized spacial score (nSPS) is 15.6. The molecule has 60 heavy (non-hydrogen) atoms. The number of amides is 2. The van der Waals surface area contributed by atoms with Crippen molar-refractivity contribution in [2.24, 2.45) is 5.73 Å². The molecule has 1 fully saturated rings. The third-order valence-electron chi connectivity index (χ3n) is 11.4. The van der Waals surface area contributed by atoms with E-state index in [-0.39, 0.29) is 35.9 Å². The zero-order valence-corrected chi connectivity index (χ0v) is 36.2. The van der Waals surface area contributed by atoms with Crippen molar-refractivity contribution in [2.45, 2.75) is 82.5 Å². The molecule has 1 atom stereocenters. The number of hydrogen-bond donors (Lipinski definition) is 3. The Kier molecular flexibility index (Phi) is 14.1. The van der Waals surface area contributed by atoms with Crippen LogP contribution < -0.4 is 15.8 Å². The molecule has 6 rings (SSSR count). The molecule has 0 saturated carbocycles. The lowest BCUT2D eigenvalue weighted by molar-refractivity contribution is -0.141. The minimum atomic E-state index is -3.80. The summed E-state index contributed by atoms with van der Waals surface area (Å²) in [6.45, 7) is 15.5. The minimum absolute atomic E-state index is 0.00867. The fourth-order valence-corrected chi connectivity index (χ4v) is 8.75. The third kappa shape index (κ3) is 10.1. The molecule has 2 aliphatic heterocycles. The Hall–Kier alpha value is -5.17. The van der Waals surface area contributed by atoms with Crippen molar-refractivity contribution >= 4 is 50.2 Å². The van der Waals surface area contributed by atoms with Crippen LogP contribution in [0.2, 0.25) is 0 Å². The molecule has 2 aromatic carbocycles. The summed E-state index contributed by atoms with van der Waals surface area (Å²) in [7, 11) is -2.52. The van der Waals surface area contributed by atoms with Crippen LogP contribution in [0.25, 0.3) is 10.9 Å². The number of H-pyrrole nitrogens is 1. The summed E-state index contributed by atoms with van der Waals surface area (Å²) >= 11 is 0. The van der Waals surface area contributed by atoms with Crippen LogP contribution in [0.3, 0.4) is 0 Å². The van der Waals surface area contributed by atoms with Gasteiger partial charge in [-0.2, -0.15) is 5.10 Å². The van der Waals surface area contributed by atoms with E-state index in [0.717, 1.165) is 61.5 Å². The number of piperazine rings is 1. The van der Waals surface area contributed by atoms with Crippen molar-refractivity contribution in [1.29, 1.82) is 0 Å². The number of aromatic amines is 1. The highest BCUT2D eigenvalue weighted by molar-refractivity contribution is 7.92.